The molecule has 1 heterocycles. The van der Waals surface area contributed by atoms with Crippen LogP contribution in [0.15, 0.2) is 0 Å². The molecule has 18 heavy (non-hydrogen) atoms. The number of carbonyl (C=O) groups is 1. The SMILES string of the molecule is CC(C)CCNC(=O)C(C)NCC1CCCCO1. The van der Waals surface area contributed by atoms with Crippen LogP contribution in [0.3, 0.4) is 0 Å². The van der Waals surface area contributed by atoms with E-state index in [1.807, 2.05) is 6.92 Å². The molecule has 0 aliphatic carbocycles. The van der Waals surface area contributed by atoms with E-state index in [1.165, 1.54) is 12.8 Å². The van der Waals surface area contributed by atoms with Crippen molar-refractivity contribution in [2.75, 3.05) is 19.7 Å². The topological polar surface area (TPSA) is 50.4 Å². The zero-order valence-corrected chi connectivity index (χ0v) is 12.0. The molecule has 0 radical (unpaired) electrons. The standard InChI is InChI=1S/C14H28N2O2/c1-11(2)7-8-15-14(17)12(3)16-10-13-6-4-5-9-18-13/h11-13,16H,4-10H2,1-3H3,(H,15,17). The van der Waals surface area contributed by atoms with Crippen LogP contribution in [0.1, 0.15) is 46.5 Å². The first-order chi connectivity index (χ1) is 8.59. The van der Waals surface area contributed by atoms with Crippen molar-refractivity contribution in [3.05, 3.63) is 0 Å². The Bertz CT molecular complexity index is 238. The summed E-state index contributed by atoms with van der Waals surface area (Å²) in [6.07, 6.45) is 4.83. The van der Waals surface area contributed by atoms with Crippen molar-refractivity contribution >= 4 is 5.91 Å². The minimum atomic E-state index is -0.136. The zero-order chi connectivity index (χ0) is 13.4. The molecule has 1 aliphatic rings. The smallest absolute Gasteiger partial charge is 0.236 e. The number of hydrogen-bond donors (Lipinski definition) is 2. The summed E-state index contributed by atoms with van der Waals surface area (Å²) < 4.78 is 5.63. The Morgan fingerprint density at radius 1 is 1.33 bits per heavy atom. The lowest BCUT2D eigenvalue weighted by Gasteiger charge is -2.24. The molecule has 4 nitrogen and oxygen atoms in total. The molecule has 0 aromatic carbocycles. The molecular weight excluding hydrogens is 228 g/mol. The summed E-state index contributed by atoms with van der Waals surface area (Å²) in [6, 6.07) is -0.136. The van der Waals surface area contributed by atoms with Gasteiger partial charge in [-0.05, 0) is 38.5 Å². The molecule has 0 aromatic heterocycles. The van der Waals surface area contributed by atoms with Crippen molar-refractivity contribution in [3.63, 3.8) is 0 Å². The van der Waals surface area contributed by atoms with Gasteiger partial charge in [-0.15, -0.1) is 0 Å². The number of hydrogen-bond acceptors (Lipinski definition) is 3. The maximum absolute atomic E-state index is 11.8. The summed E-state index contributed by atoms with van der Waals surface area (Å²) in [5.74, 6) is 0.718. The quantitative estimate of drug-likeness (QED) is 0.729. The first-order valence-electron chi connectivity index (χ1n) is 7.22. The Labute approximate surface area is 111 Å². The maximum atomic E-state index is 11.8. The normalized spacial score (nSPS) is 21.9. The monoisotopic (exact) mass is 256 g/mol. The Hall–Kier alpha value is -0.610. The number of amides is 1. The minimum absolute atomic E-state index is 0.0893. The number of carbonyl (C=O) groups excluding carboxylic acids is 1. The van der Waals surface area contributed by atoms with E-state index >= 15 is 0 Å². The van der Waals surface area contributed by atoms with E-state index in [4.69, 9.17) is 4.74 Å². The second-order valence-electron chi connectivity index (χ2n) is 5.59. The first-order valence-corrected chi connectivity index (χ1v) is 7.22. The molecule has 1 rings (SSSR count). The first kappa shape index (κ1) is 15.4. The molecule has 0 aromatic rings. The van der Waals surface area contributed by atoms with E-state index in [9.17, 15) is 4.79 Å². The van der Waals surface area contributed by atoms with Gasteiger partial charge in [-0.3, -0.25) is 4.79 Å². The fraction of sp³-hybridized carbons (Fsp3) is 0.929. The van der Waals surface area contributed by atoms with Crippen molar-refractivity contribution in [1.82, 2.24) is 10.6 Å². The molecule has 1 aliphatic heterocycles. The van der Waals surface area contributed by atoms with Gasteiger partial charge in [-0.1, -0.05) is 13.8 Å². The third-order valence-corrected chi connectivity index (χ3v) is 3.34. The van der Waals surface area contributed by atoms with Crippen molar-refractivity contribution in [3.8, 4) is 0 Å². The zero-order valence-electron chi connectivity index (χ0n) is 12.0. The van der Waals surface area contributed by atoms with E-state index in [0.717, 1.165) is 32.5 Å². The van der Waals surface area contributed by atoms with Gasteiger partial charge in [-0.25, -0.2) is 0 Å². The summed E-state index contributed by atoms with van der Waals surface area (Å²) in [4.78, 5) is 11.8. The summed E-state index contributed by atoms with van der Waals surface area (Å²) in [5.41, 5.74) is 0. The van der Waals surface area contributed by atoms with Crippen LogP contribution in [0.25, 0.3) is 0 Å². The second-order valence-corrected chi connectivity index (χ2v) is 5.59. The average Bonchev–Trinajstić information content (AvgIpc) is 2.36. The van der Waals surface area contributed by atoms with E-state index in [2.05, 4.69) is 24.5 Å². The Balaban J connectivity index is 2.10. The van der Waals surface area contributed by atoms with Gasteiger partial charge < -0.3 is 15.4 Å². The predicted octanol–water partition coefficient (Wildman–Crippen LogP) is 1.70. The van der Waals surface area contributed by atoms with Gasteiger partial charge in [0, 0.05) is 19.7 Å². The van der Waals surface area contributed by atoms with Crippen LogP contribution in [0.4, 0.5) is 0 Å². The highest BCUT2D eigenvalue weighted by Crippen LogP contribution is 2.11. The summed E-state index contributed by atoms with van der Waals surface area (Å²) in [7, 11) is 0. The van der Waals surface area contributed by atoms with Crippen LogP contribution in [-0.4, -0.2) is 37.7 Å². The van der Waals surface area contributed by atoms with Gasteiger partial charge in [0.05, 0.1) is 12.1 Å². The van der Waals surface area contributed by atoms with Crippen LogP contribution < -0.4 is 10.6 Å². The number of ether oxygens (including phenoxy) is 1. The molecule has 1 amide bonds. The third kappa shape index (κ3) is 6.36. The summed E-state index contributed by atoms with van der Waals surface area (Å²) in [5, 5.41) is 6.21. The lowest BCUT2D eigenvalue weighted by atomic mass is 10.1. The molecule has 1 fully saturated rings. The lowest BCUT2D eigenvalue weighted by Crippen LogP contribution is -2.45. The highest BCUT2D eigenvalue weighted by Gasteiger charge is 2.17. The van der Waals surface area contributed by atoms with Crippen molar-refractivity contribution in [2.45, 2.75) is 58.6 Å². The fourth-order valence-corrected chi connectivity index (χ4v) is 2.01. The highest BCUT2D eigenvalue weighted by molar-refractivity contribution is 5.81. The lowest BCUT2D eigenvalue weighted by molar-refractivity contribution is -0.122. The minimum Gasteiger partial charge on any atom is -0.377 e. The predicted molar refractivity (Wildman–Crippen MR) is 73.5 cm³/mol. The van der Waals surface area contributed by atoms with Gasteiger partial charge in [0.2, 0.25) is 5.91 Å². The highest BCUT2D eigenvalue weighted by atomic mass is 16.5. The molecule has 106 valence electrons. The van der Waals surface area contributed by atoms with E-state index < -0.39 is 0 Å². The number of rotatable bonds is 7. The molecule has 1 saturated heterocycles. The summed E-state index contributed by atoms with van der Waals surface area (Å²) >= 11 is 0. The summed E-state index contributed by atoms with van der Waals surface area (Å²) in [6.45, 7) is 8.64. The maximum Gasteiger partial charge on any atom is 0.236 e. The van der Waals surface area contributed by atoms with E-state index in [1.54, 1.807) is 0 Å². The van der Waals surface area contributed by atoms with Gasteiger partial charge in [0.1, 0.15) is 0 Å². The van der Waals surface area contributed by atoms with Crippen LogP contribution in [-0.2, 0) is 9.53 Å². The molecular formula is C14H28N2O2. The van der Waals surface area contributed by atoms with Crippen LogP contribution in [0.2, 0.25) is 0 Å². The molecule has 2 N–H and O–H groups in total. The van der Waals surface area contributed by atoms with Gasteiger partial charge in [0.15, 0.2) is 0 Å². The Morgan fingerprint density at radius 3 is 2.72 bits per heavy atom. The fourth-order valence-electron chi connectivity index (χ4n) is 2.01. The molecule has 0 saturated carbocycles. The second kappa shape index (κ2) is 8.48. The van der Waals surface area contributed by atoms with E-state index in [0.29, 0.717) is 5.92 Å². The molecule has 4 heteroatoms. The molecule has 2 atom stereocenters. The van der Waals surface area contributed by atoms with Gasteiger partial charge in [-0.2, -0.15) is 0 Å². The van der Waals surface area contributed by atoms with Crippen molar-refractivity contribution in [1.29, 1.82) is 0 Å². The molecule has 0 bridgehead atoms. The van der Waals surface area contributed by atoms with Crippen molar-refractivity contribution < 1.29 is 9.53 Å². The Morgan fingerprint density at radius 2 is 2.11 bits per heavy atom. The van der Waals surface area contributed by atoms with E-state index in [-0.39, 0.29) is 18.1 Å². The van der Waals surface area contributed by atoms with Crippen LogP contribution in [0, 0.1) is 5.92 Å². The van der Waals surface area contributed by atoms with Crippen LogP contribution >= 0.6 is 0 Å². The van der Waals surface area contributed by atoms with Gasteiger partial charge >= 0.3 is 0 Å². The molecule has 2 unspecified atom stereocenters. The van der Waals surface area contributed by atoms with Crippen molar-refractivity contribution in [2.24, 2.45) is 5.92 Å². The van der Waals surface area contributed by atoms with Gasteiger partial charge in [0.25, 0.3) is 0 Å². The largest absolute Gasteiger partial charge is 0.377 e. The Kier molecular flexibility index (Phi) is 7.28. The van der Waals surface area contributed by atoms with Crippen LogP contribution in [0.5, 0.6) is 0 Å². The molecule has 0 spiro atoms. The average molecular weight is 256 g/mol. The number of nitrogens with one attached hydrogen (secondary N) is 2. The third-order valence-electron chi connectivity index (χ3n) is 3.34.